The van der Waals surface area contributed by atoms with Gasteiger partial charge in [0.2, 0.25) is 0 Å². The summed E-state index contributed by atoms with van der Waals surface area (Å²) in [4.78, 5) is 15.1. The molecule has 1 N–H and O–H groups in total. The first-order valence-corrected chi connectivity index (χ1v) is 8.93. The number of hydrogen-bond donors (Lipinski definition) is 1. The average Bonchev–Trinajstić information content (AvgIpc) is 3.08. The van der Waals surface area contributed by atoms with Crippen LogP contribution in [0.1, 0.15) is 47.2 Å². The highest BCUT2D eigenvalue weighted by molar-refractivity contribution is 5.96. The molecule has 0 radical (unpaired) electrons. The summed E-state index contributed by atoms with van der Waals surface area (Å²) in [5.74, 6) is 0.0671. The fourth-order valence-corrected chi connectivity index (χ4v) is 3.47. The van der Waals surface area contributed by atoms with Crippen LogP contribution in [0.5, 0.6) is 0 Å². The molecule has 0 aliphatic carbocycles. The van der Waals surface area contributed by atoms with Crippen LogP contribution in [0, 0.1) is 6.92 Å². The van der Waals surface area contributed by atoms with E-state index in [0.29, 0.717) is 0 Å². The number of ether oxygens (including phenoxy) is 1. The molecule has 0 saturated carbocycles. The van der Waals surface area contributed by atoms with Crippen LogP contribution < -0.4 is 5.32 Å². The van der Waals surface area contributed by atoms with Crippen LogP contribution in [-0.2, 0) is 11.2 Å². The van der Waals surface area contributed by atoms with Crippen molar-refractivity contribution in [2.24, 2.45) is 0 Å². The first-order valence-electron chi connectivity index (χ1n) is 8.93. The van der Waals surface area contributed by atoms with Gasteiger partial charge in [-0.15, -0.1) is 0 Å². The van der Waals surface area contributed by atoms with Crippen molar-refractivity contribution in [3.63, 3.8) is 0 Å². The zero-order valence-corrected chi connectivity index (χ0v) is 14.1. The van der Waals surface area contributed by atoms with Gasteiger partial charge < -0.3 is 15.0 Å². The lowest BCUT2D eigenvalue weighted by molar-refractivity contribution is 0.0696. The molecule has 126 valence electrons. The molecule has 1 aromatic rings. The summed E-state index contributed by atoms with van der Waals surface area (Å²) < 4.78 is 5.35. The number of carbonyl (C=O) groups excluding carboxylic acids is 1. The molecule has 4 nitrogen and oxygen atoms in total. The second kappa shape index (κ2) is 7.93. The molecular formula is C19H28N2O2. The summed E-state index contributed by atoms with van der Waals surface area (Å²) in [6, 6.07) is 6.58. The number of nitrogens with zero attached hydrogens (tertiary/aromatic N) is 1. The monoisotopic (exact) mass is 316 g/mol. The quantitative estimate of drug-likeness (QED) is 0.908. The maximum absolute atomic E-state index is 12.6. The van der Waals surface area contributed by atoms with Gasteiger partial charge in [-0.25, -0.2) is 0 Å². The van der Waals surface area contributed by atoms with E-state index in [0.717, 1.165) is 50.1 Å². The molecule has 0 atom stereocenters. The Bertz CT molecular complexity index is 532. The minimum atomic E-state index is 0.0671. The zero-order chi connectivity index (χ0) is 16.1. The standard InChI is InChI=1S/C19H28N2O2/c1-15-4-5-16(6-11-21-9-2-3-10-21)14-18(15)19(22)20-17-7-12-23-13-8-17/h4-5,14,17H,2-3,6-13H2,1H3,(H,20,22). The number of amides is 1. The first kappa shape index (κ1) is 16.5. The molecule has 23 heavy (non-hydrogen) atoms. The maximum Gasteiger partial charge on any atom is 0.251 e. The van der Waals surface area contributed by atoms with Crippen LogP contribution in [0.15, 0.2) is 18.2 Å². The molecule has 1 amide bonds. The Balaban J connectivity index is 1.60. The van der Waals surface area contributed by atoms with Gasteiger partial charge >= 0.3 is 0 Å². The molecule has 0 spiro atoms. The van der Waals surface area contributed by atoms with Gasteiger partial charge in [0.25, 0.3) is 5.91 Å². The summed E-state index contributed by atoms with van der Waals surface area (Å²) in [7, 11) is 0. The topological polar surface area (TPSA) is 41.6 Å². The number of rotatable bonds is 5. The minimum absolute atomic E-state index is 0.0671. The van der Waals surface area contributed by atoms with Crippen LogP contribution in [0.2, 0.25) is 0 Å². The van der Waals surface area contributed by atoms with E-state index in [1.54, 1.807) is 0 Å². The maximum atomic E-state index is 12.6. The van der Waals surface area contributed by atoms with Crippen LogP contribution >= 0.6 is 0 Å². The van der Waals surface area contributed by atoms with E-state index in [1.165, 1.54) is 31.5 Å². The van der Waals surface area contributed by atoms with E-state index in [4.69, 9.17) is 4.74 Å². The molecule has 0 unspecified atom stereocenters. The second-order valence-electron chi connectivity index (χ2n) is 6.81. The number of benzene rings is 1. The Hall–Kier alpha value is -1.39. The van der Waals surface area contributed by atoms with Crippen LogP contribution in [0.3, 0.4) is 0 Å². The van der Waals surface area contributed by atoms with Crippen LogP contribution in [0.25, 0.3) is 0 Å². The molecule has 2 aliphatic heterocycles. The van der Waals surface area contributed by atoms with Gasteiger partial charge in [-0.1, -0.05) is 12.1 Å². The normalized spacial score (nSPS) is 19.9. The summed E-state index contributed by atoms with van der Waals surface area (Å²) in [6.07, 6.45) is 5.51. The predicted octanol–water partition coefficient (Wildman–Crippen LogP) is 2.54. The molecular weight excluding hydrogens is 288 g/mol. The van der Waals surface area contributed by atoms with Crippen LogP contribution in [-0.4, -0.2) is 49.7 Å². The van der Waals surface area contributed by atoms with E-state index in [9.17, 15) is 4.79 Å². The minimum Gasteiger partial charge on any atom is -0.381 e. The van der Waals surface area contributed by atoms with Crippen molar-refractivity contribution in [3.05, 3.63) is 34.9 Å². The molecule has 1 aromatic carbocycles. The van der Waals surface area contributed by atoms with E-state index in [-0.39, 0.29) is 11.9 Å². The molecule has 2 saturated heterocycles. The molecule has 3 rings (SSSR count). The largest absolute Gasteiger partial charge is 0.381 e. The fraction of sp³-hybridized carbons (Fsp3) is 0.632. The van der Waals surface area contributed by atoms with Crippen molar-refractivity contribution < 1.29 is 9.53 Å². The lowest BCUT2D eigenvalue weighted by Gasteiger charge is -2.23. The summed E-state index contributed by atoms with van der Waals surface area (Å²) >= 11 is 0. The smallest absolute Gasteiger partial charge is 0.251 e. The highest BCUT2D eigenvalue weighted by Gasteiger charge is 2.18. The Labute approximate surface area is 139 Å². The molecule has 2 aliphatic rings. The highest BCUT2D eigenvalue weighted by atomic mass is 16.5. The third kappa shape index (κ3) is 4.55. The fourth-order valence-electron chi connectivity index (χ4n) is 3.47. The van der Waals surface area contributed by atoms with Crippen molar-refractivity contribution >= 4 is 5.91 Å². The Morgan fingerprint density at radius 1 is 1.26 bits per heavy atom. The Kier molecular flexibility index (Phi) is 5.68. The van der Waals surface area contributed by atoms with Gasteiger partial charge in [-0.2, -0.15) is 0 Å². The first-order chi connectivity index (χ1) is 11.2. The van der Waals surface area contributed by atoms with Crippen molar-refractivity contribution in [2.75, 3.05) is 32.8 Å². The number of hydrogen-bond acceptors (Lipinski definition) is 3. The summed E-state index contributed by atoms with van der Waals surface area (Å²) in [5, 5.41) is 3.17. The van der Waals surface area contributed by atoms with Crippen LogP contribution in [0.4, 0.5) is 0 Å². The van der Waals surface area contributed by atoms with Gasteiger partial charge in [0.1, 0.15) is 0 Å². The molecule has 0 bridgehead atoms. The number of carbonyl (C=O) groups is 1. The number of likely N-dealkylation sites (tertiary alicyclic amines) is 1. The lowest BCUT2D eigenvalue weighted by Crippen LogP contribution is -2.39. The molecule has 0 aromatic heterocycles. The van der Waals surface area contributed by atoms with Gasteiger partial charge in [0, 0.05) is 31.4 Å². The van der Waals surface area contributed by atoms with Crippen molar-refractivity contribution in [2.45, 2.75) is 45.1 Å². The predicted molar refractivity (Wildman–Crippen MR) is 91.9 cm³/mol. The van der Waals surface area contributed by atoms with E-state index in [1.807, 2.05) is 6.92 Å². The molecule has 2 heterocycles. The molecule has 4 heteroatoms. The number of nitrogens with one attached hydrogen (secondary N) is 1. The Morgan fingerprint density at radius 2 is 2.00 bits per heavy atom. The molecule has 2 fully saturated rings. The van der Waals surface area contributed by atoms with E-state index >= 15 is 0 Å². The average molecular weight is 316 g/mol. The summed E-state index contributed by atoms with van der Waals surface area (Å²) in [6.45, 7) is 7.07. The van der Waals surface area contributed by atoms with Gasteiger partial charge in [0.15, 0.2) is 0 Å². The second-order valence-corrected chi connectivity index (χ2v) is 6.81. The van der Waals surface area contributed by atoms with Gasteiger partial charge in [-0.3, -0.25) is 4.79 Å². The van der Waals surface area contributed by atoms with Crippen molar-refractivity contribution in [1.82, 2.24) is 10.2 Å². The zero-order valence-electron chi connectivity index (χ0n) is 14.1. The third-order valence-corrected chi connectivity index (χ3v) is 5.02. The van der Waals surface area contributed by atoms with Crippen molar-refractivity contribution in [1.29, 1.82) is 0 Å². The SMILES string of the molecule is Cc1ccc(CCN2CCCC2)cc1C(=O)NC1CCOCC1. The van der Waals surface area contributed by atoms with Crippen molar-refractivity contribution in [3.8, 4) is 0 Å². The summed E-state index contributed by atoms with van der Waals surface area (Å²) in [5.41, 5.74) is 3.15. The lowest BCUT2D eigenvalue weighted by atomic mass is 10.0. The highest BCUT2D eigenvalue weighted by Crippen LogP contribution is 2.15. The van der Waals surface area contributed by atoms with E-state index in [2.05, 4.69) is 28.4 Å². The van der Waals surface area contributed by atoms with E-state index < -0.39 is 0 Å². The number of aryl methyl sites for hydroxylation is 1. The van der Waals surface area contributed by atoms with Gasteiger partial charge in [-0.05, 0) is 69.3 Å². The third-order valence-electron chi connectivity index (χ3n) is 5.02. The Morgan fingerprint density at radius 3 is 2.74 bits per heavy atom. The van der Waals surface area contributed by atoms with Gasteiger partial charge in [0.05, 0.1) is 0 Å².